The topological polar surface area (TPSA) is 78.9 Å². The summed E-state index contributed by atoms with van der Waals surface area (Å²) >= 11 is 0. The van der Waals surface area contributed by atoms with E-state index in [9.17, 15) is 14.7 Å². The molecule has 6 nitrogen and oxygen atoms in total. The molecule has 0 radical (unpaired) electrons. The SMILES string of the molecule is O=C1NC2(CCCCC2)C(=O)N1CC(O)COc1ccccc1. The van der Waals surface area contributed by atoms with Gasteiger partial charge in [-0.3, -0.25) is 9.69 Å². The number of urea groups is 1. The van der Waals surface area contributed by atoms with Crippen LogP contribution in [0.5, 0.6) is 5.75 Å². The molecule has 1 heterocycles. The van der Waals surface area contributed by atoms with E-state index in [-0.39, 0.29) is 19.1 Å². The zero-order valence-corrected chi connectivity index (χ0v) is 13.0. The average Bonchev–Trinajstić information content (AvgIpc) is 2.79. The number of hydrogen-bond donors (Lipinski definition) is 2. The van der Waals surface area contributed by atoms with Crippen LogP contribution < -0.4 is 10.1 Å². The molecule has 2 aliphatic rings. The number of nitrogens with zero attached hydrogens (tertiary/aromatic N) is 1. The minimum atomic E-state index is -0.913. The molecule has 1 aliphatic carbocycles. The minimum Gasteiger partial charge on any atom is -0.491 e. The monoisotopic (exact) mass is 318 g/mol. The van der Waals surface area contributed by atoms with Gasteiger partial charge in [0.25, 0.3) is 5.91 Å². The Kier molecular flexibility index (Phi) is 4.52. The van der Waals surface area contributed by atoms with Gasteiger partial charge in [0.15, 0.2) is 0 Å². The number of carbonyl (C=O) groups is 2. The van der Waals surface area contributed by atoms with E-state index >= 15 is 0 Å². The van der Waals surface area contributed by atoms with Crippen LogP contribution in [0, 0.1) is 0 Å². The Bertz CT molecular complexity index is 569. The van der Waals surface area contributed by atoms with Crippen LogP contribution in [0.4, 0.5) is 4.79 Å². The first kappa shape index (κ1) is 15.8. The third-order valence-corrected chi connectivity index (χ3v) is 4.53. The molecule has 3 amide bonds. The second-order valence-corrected chi connectivity index (χ2v) is 6.27. The molecule has 2 N–H and O–H groups in total. The highest BCUT2D eigenvalue weighted by Gasteiger charge is 2.51. The standard InChI is InChI=1S/C17H22N2O4/c20-13(12-23-14-7-3-1-4-8-14)11-19-15(21)17(18-16(19)22)9-5-2-6-10-17/h1,3-4,7-8,13,20H,2,5-6,9-12H2,(H,18,22). The van der Waals surface area contributed by atoms with E-state index in [2.05, 4.69) is 5.32 Å². The summed E-state index contributed by atoms with van der Waals surface area (Å²) in [6.45, 7) is -0.00662. The van der Waals surface area contributed by atoms with Crippen LogP contribution >= 0.6 is 0 Å². The van der Waals surface area contributed by atoms with E-state index in [1.165, 1.54) is 0 Å². The lowest BCUT2D eigenvalue weighted by atomic mass is 9.82. The predicted molar refractivity (Wildman–Crippen MR) is 84.0 cm³/mol. The first-order chi connectivity index (χ1) is 11.1. The third-order valence-electron chi connectivity index (χ3n) is 4.53. The summed E-state index contributed by atoms with van der Waals surface area (Å²) in [5.74, 6) is 0.438. The van der Waals surface area contributed by atoms with Crippen LogP contribution in [0.2, 0.25) is 0 Å². The first-order valence-corrected chi connectivity index (χ1v) is 8.11. The molecule has 1 spiro atoms. The number of carbonyl (C=O) groups excluding carboxylic acids is 2. The van der Waals surface area contributed by atoms with Crippen molar-refractivity contribution in [2.45, 2.75) is 43.7 Å². The van der Waals surface area contributed by atoms with Gasteiger partial charge >= 0.3 is 6.03 Å². The Labute approximate surface area is 135 Å². The number of ether oxygens (including phenoxy) is 1. The smallest absolute Gasteiger partial charge is 0.325 e. The first-order valence-electron chi connectivity index (χ1n) is 8.11. The Hall–Kier alpha value is -2.08. The summed E-state index contributed by atoms with van der Waals surface area (Å²) in [6, 6.07) is 8.73. The molecule has 1 aromatic rings. The van der Waals surface area contributed by atoms with Crippen molar-refractivity contribution in [3.63, 3.8) is 0 Å². The molecule has 0 aromatic heterocycles. The molecule has 1 saturated carbocycles. The largest absolute Gasteiger partial charge is 0.491 e. The molecule has 1 atom stereocenters. The maximum atomic E-state index is 12.6. The lowest BCUT2D eigenvalue weighted by Crippen LogP contribution is -2.48. The average molecular weight is 318 g/mol. The molecule has 6 heteroatoms. The summed E-state index contributed by atoms with van der Waals surface area (Å²) in [6.07, 6.45) is 3.44. The van der Waals surface area contributed by atoms with Crippen molar-refractivity contribution in [1.82, 2.24) is 10.2 Å². The van der Waals surface area contributed by atoms with Crippen molar-refractivity contribution < 1.29 is 19.4 Å². The molecule has 2 fully saturated rings. The number of hydrogen-bond acceptors (Lipinski definition) is 4. The van der Waals surface area contributed by atoms with Crippen LogP contribution in [0.1, 0.15) is 32.1 Å². The van der Waals surface area contributed by atoms with E-state index in [1.54, 1.807) is 12.1 Å². The van der Waals surface area contributed by atoms with Crippen LogP contribution in [-0.2, 0) is 4.79 Å². The van der Waals surface area contributed by atoms with E-state index < -0.39 is 17.7 Å². The van der Waals surface area contributed by atoms with Crippen molar-refractivity contribution in [3.05, 3.63) is 30.3 Å². The maximum Gasteiger partial charge on any atom is 0.325 e. The van der Waals surface area contributed by atoms with E-state index in [0.29, 0.717) is 18.6 Å². The number of rotatable bonds is 5. The van der Waals surface area contributed by atoms with Gasteiger partial charge in [0.05, 0.1) is 6.54 Å². The minimum absolute atomic E-state index is 0.0358. The maximum absolute atomic E-state index is 12.6. The van der Waals surface area contributed by atoms with E-state index in [4.69, 9.17) is 4.74 Å². The normalized spacial score (nSPS) is 21.3. The van der Waals surface area contributed by atoms with Crippen LogP contribution in [0.15, 0.2) is 30.3 Å². The fourth-order valence-electron chi connectivity index (χ4n) is 3.31. The summed E-state index contributed by atoms with van der Waals surface area (Å²) in [5.41, 5.74) is -0.741. The lowest BCUT2D eigenvalue weighted by molar-refractivity contribution is -0.133. The molecule has 1 unspecified atom stereocenters. The van der Waals surface area contributed by atoms with Gasteiger partial charge in [-0.1, -0.05) is 37.5 Å². The molecule has 23 heavy (non-hydrogen) atoms. The zero-order valence-electron chi connectivity index (χ0n) is 13.0. The van der Waals surface area contributed by atoms with Gasteiger partial charge in [-0.25, -0.2) is 4.79 Å². The Balaban J connectivity index is 1.56. The van der Waals surface area contributed by atoms with Crippen molar-refractivity contribution >= 4 is 11.9 Å². The summed E-state index contributed by atoms with van der Waals surface area (Å²) < 4.78 is 5.47. The highest BCUT2D eigenvalue weighted by Crippen LogP contribution is 2.33. The molecule has 1 aromatic carbocycles. The van der Waals surface area contributed by atoms with Gasteiger partial charge in [-0.05, 0) is 25.0 Å². The second-order valence-electron chi connectivity index (χ2n) is 6.27. The van der Waals surface area contributed by atoms with Gasteiger partial charge in [0.1, 0.15) is 24.0 Å². The predicted octanol–water partition coefficient (Wildman–Crippen LogP) is 1.68. The van der Waals surface area contributed by atoms with Crippen molar-refractivity contribution in [2.75, 3.05) is 13.2 Å². The number of nitrogens with one attached hydrogen (secondary N) is 1. The highest BCUT2D eigenvalue weighted by molar-refractivity contribution is 6.07. The number of imide groups is 1. The van der Waals surface area contributed by atoms with Gasteiger partial charge < -0.3 is 15.2 Å². The van der Waals surface area contributed by atoms with Gasteiger partial charge in [-0.15, -0.1) is 0 Å². The molecule has 1 saturated heterocycles. The molecule has 0 bridgehead atoms. The van der Waals surface area contributed by atoms with Crippen molar-refractivity contribution in [1.29, 1.82) is 0 Å². The summed E-state index contributed by atoms with van der Waals surface area (Å²) in [5, 5.41) is 12.9. The Morgan fingerprint density at radius 2 is 1.87 bits per heavy atom. The number of amides is 3. The molecular weight excluding hydrogens is 296 g/mol. The number of benzene rings is 1. The van der Waals surface area contributed by atoms with Crippen LogP contribution in [0.25, 0.3) is 0 Å². The van der Waals surface area contributed by atoms with Gasteiger partial charge in [-0.2, -0.15) is 0 Å². The van der Waals surface area contributed by atoms with E-state index in [0.717, 1.165) is 24.2 Å². The Morgan fingerprint density at radius 3 is 2.57 bits per heavy atom. The number of aliphatic hydroxyl groups excluding tert-OH is 1. The third kappa shape index (κ3) is 3.32. The number of β-amino-alcohol motifs (C(OH)–C–C–N with tert-alkyl or cyclic N) is 1. The molecule has 124 valence electrons. The number of para-hydroxylation sites is 1. The second kappa shape index (κ2) is 6.58. The summed E-state index contributed by atoms with van der Waals surface area (Å²) in [7, 11) is 0. The van der Waals surface area contributed by atoms with Gasteiger partial charge in [0.2, 0.25) is 0 Å². The van der Waals surface area contributed by atoms with Crippen LogP contribution in [-0.4, -0.2) is 46.7 Å². The molecule has 3 rings (SSSR count). The quantitative estimate of drug-likeness (QED) is 0.810. The molecular formula is C17H22N2O4. The van der Waals surface area contributed by atoms with Crippen molar-refractivity contribution in [3.8, 4) is 5.75 Å². The Morgan fingerprint density at radius 1 is 1.17 bits per heavy atom. The van der Waals surface area contributed by atoms with Crippen molar-refractivity contribution in [2.24, 2.45) is 0 Å². The fourth-order valence-corrected chi connectivity index (χ4v) is 3.31. The lowest BCUT2D eigenvalue weighted by Gasteiger charge is -2.30. The fraction of sp³-hybridized carbons (Fsp3) is 0.529. The number of aliphatic hydroxyl groups is 1. The highest BCUT2D eigenvalue weighted by atomic mass is 16.5. The zero-order chi connectivity index (χ0) is 16.3. The molecule has 1 aliphatic heterocycles. The van der Waals surface area contributed by atoms with E-state index in [1.807, 2.05) is 18.2 Å². The summed E-state index contributed by atoms with van der Waals surface area (Å²) in [4.78, 5) is 25.8. The van der Waals surface area contributed by atoms with Crippen LogP contribution in [0.3, 0.4) is 0 Å². The van der Waals surface area contributed by atoms with Gasteiger partial charge in [0, 0.05) is 0 Å².